The fraction of sp³-hybridized carbons (Fsp3) is 0.0667. The molecule has 0 aliphatic carbocycles. The predicted molar refractivity (Wildman–Crippen MR) is 87.2 cm³/mol. The van der Waals surface area contributed by atoms with Gasteiger partial charge in [0.05, 0.1) is 17.1 Å². The first-order chi connectivity index (χ1) is 11.1. The number of hydrogen-bond acceptors (Lipinski definition) is 4. The van der Waals surface area contributed by atoms with Gasteiger partial charge in [0, 0.05) is 23.0 Å². The zero-order chi connectivity index (χ0) is 16.2. The first kappa shape index (κ1) is 15.5. The van der Waals surface area contributed by atoms with Crippen LogP contribution in [0.15, 0.2) is 42.7 Å². The third-order valence-electron chi connectivity index (χ3n) is 3.06. The van der Waals surface area contributed by atoms with Gasteiger partial charge in [-0.25, -0.2) is 4.98 Å². The van der Waals surface area contributed by atoms with E-state index in [4.69, 9.17) is 23.2 Å². The van der Waals surface area contributed by atoms with Gasteiger partial charge in [0.2, 0.25) is 0 Å². The highest BCUT2D eigenvalue weighted by atomic mass is 35.5. The van der Waals surface area contributed by atoms with Crippen LogP contribution in [0.1, 0.15) is 16.2 Å². The third-order valence-corrected chi connectivity index (χ3v) is 3.61. The van der Waals surface area contributed by atoms with E-state index in [-0.39, 0.29) is 12.5 Å². The monoisotopic (exact) mass is 347 g/mol. The van der Waals surface area contributed by atoms with Crippen molar-refractivity contribution in [3.8, 4) is 11.4 Å². The largest absolute Gasteiger partial charge is 0.345 e. The number of aromatic nitrogens is 4. The number of nitrogens with zero attached hydrogens (tertiary/aromatic N) is 3. The molecule has 1 amide bonds. The van der Waals surface area contributed by atoms with Gasteiger partial charge in [-0.2, -0.15) is 5.10 Å². The van der Waals surface area contributed by atoms with Crippen LogP contribution in [0.3, 0.4) is 0 Å². The van der Waals surface area contributed by atoms with Gasteiger partial charge in [0.25, 0.3) is 5.91 Å². The van der Waals surface area contributed by atoms with Crippen LogP contribution >= 0.6 is 23.2 Å². The lowest BCUT2D eigenvalue weighted by molar-refractivity contribution is 0.0950. The SMILES string of the molecule is O=C(NCc1nc(-c2ccncc2)n[nH]1)c1ccc(Cl)cc1Cl. The van der Waals surface area contributed by atoms with Crippen LogP contribution in [0.2, 0.25) is 10.0 Å². The second kappa shape index (κ2) is 6.76. The van der Waals surface area contributed by atoms with Gasteiger partial charge >= 0.3 is 0 Å². The van der Waals surface area contributed by atoms with Crippen molar-refractivity contribution in [1.29, 1.82) is 0 Å². The number of pyridine rings is 1. The van der Waals surface area contributed by atoms with Crippen molar-refractivity contribution in [3.63, 3.8) is 0 Å². The normalized spacial score (nSPS) is 10.5. The Labute approximate surface area is 141 Å². The molecule has 2 heterocycles. The Kier molecular flexibility index (Phi) is 4.55. The minimum atomic E-state index is -0.312. The molecule has 3 rings (SSSR count). The molecule has 2 aromatic heterocycles. The third kappa shape index (κ3) is 3.67. The summed E-state index contributed by atoms with van der Waals surface area (Å²) in [5.41, 5.74) is 1.19. The Morgan fingerprint density at radius 2 is 1.96 bits per heavy atom. The van der Waals surface area contributed by atoms with Gasteiger partial charge in [-0.05, 0) is 30.3 Å². The molecule has 0 radical (unpaired) electrons. The number of carbonyl (C=O) groups is 1. The molecule has 0 aliphatic heterocycles. The van der Waals surface area contributed by atoms with E-state index in [1.807, 2.05) is 0 Å². The van der Waals surface area contributed by atoms with Crippen molar-refractivity contribution < 1.29 is 4.79 Å². The number of H-pyrrole nitrogens is 1. The van der Waals surface area contributed by atoms with Crippen LogP contribution in [-0.4, -0.2) is 26.1 Å². The molecular formula is C15H11Cl2N5O. The zero-order valence-corrected chi connectivity index (χ0v) is 13.3. The summed E-state index contributed by atoms with van der Waals surface area (Å²) < 4.78 is 0. The molecule has 116 valence electrons. The Morgan fingerprint density at radius 3 is 2.70 bits per heavy atom. The first-order valence-corrected chi connectivity index (χ1v) is 7.44. The number of hydrogen-bond donors (Lipinski definition) is 2. The molecule has 0 aliphatic rings. The number of aromatic amines is 1. The molecule has 2 N–H and O–H groups in total. The summed E-state index contributed by atoms with van der Waals surface area (Å²) >= 11 is 11.8. The molecule has 8 heteroatoms. The van der Waals surface area contributed by atoms with Crippen LogP contribution in [0.4, 0.5) is 0 Å². The average Bonchev–Trinajstić information content (AvgIpc) is 3.02. The lowest BCUT2D eigenvalue weighted by atomic mass is 10.2. The van der Waals surface area contributed by atoms with Gasteiger partial charge in [-0.15, -0.1) is 0 Å². The van der Waals surface area contributed by atoms with Crippen LogP contribution in [0, 0.1) is 0 Å². The highest BCUT2D eigenvalue weighted by Crippen LogP contribution is 2.21. The summed E-state index contributed by atoms with van der Waals surface area (Å²) in [7, 11) is 0. The number of rotatable bonds is 4. The summed E-state index contributed by atoms with van der Waals surface area (Å²) in [5, 5.41) is 10.4. The Bertz CT molecular complexity index is 835. The first-order valence-electron chi connectivity index (χ1n) is 6.68. The lowest BCUT2D eigenvalue weighted by Gasteiger charge is -2.05. The standard InChI is InChI=1S/C15H11Cl2N5O/c16-10-1-2-11(12(17)7-10)15(23)19-8-13-20-14(22-21-13)9-3-5-18-6-4-9/h1-7H,8H2,(H,19,23)(H,20,21,22). The van der Waals surface area contributed by atoms with Crippen molar-refractivity contribution in [1.82, 2.24) is 25.5 Å². The maximum Gasteiger partial charge on any atom is 0.253 e. The summed E-state index contributed by atoms with van der Waals surface area (Å²) in [4.78, 5) is 20.4. The van der Waals surface area contributed by atoms with Gasteiger partial charge in [-0.1, -0.05) is 23.2 Å². The van der Waals surface area contributed by atoms with Crippen molar-refractivity contribution in [2.24, 2.45) is 0 Å². The number of amides is 1. The molecular weight excluding hydrogens is 337 g/mol. The second-order valence-electron chi connectivity index (χ2n) is 4.65. The molecule has 0 fully saturated rings. The molecule has 0 unspecified atom stereocenters. The molecule has 3 aromatic rings. The van der Waals surface area contributed by atoms with Gasteiger partial charge in [-0.3, -0.25) is 14.9 Å². The van der Waals surface area contributed by atoms with Gasteiger partial charge < -0.3 is 5.32 Å². The van der Waals surface area contributed by atoms with Crippen LogP contribution in [-0.2, 0) is 6.54 Å². The number of nitrogens with one attached hydrogen (secondary N) is 2. The van der Waals surface area contributed by atoms with E-state index in [1.165, 1.54) is 6.07 Å². The maximum absolute atomic E-state index is 12.1. The predicted octanol–water partition coefficient (Wildman–Crippen LogP) is 3.10. The minimum Gasteiger partial charge on any atom is -0.345 e. The van der Waals surface area contributed by atoms with Crippen molar-refractivity contribution in [3.05, 3.63) is 64.2 Å². The number of halogens is 2. The lowest BCUT2D eigenvalue weighted by Crippen LogP contribution is -2.23. The summed E-state index contributed by atoms with van der Waals surface area (Å²) in [6.45, 7) is 0.204. The molecule has 6 nitrogen and oxygen atoms in total. The van der Waals surface area contributed by atoms with Crippen LogP contribution in [0.25, 0.3) is 11.4 Å². The van der Waals surface area contributed by atoms with Crippen LogP contribution in [0.5, 0.6) is 0 Å². The zero-order valence-electron chi connectivity index (χ0n) is 11.8. The summed E-state index contributed by atoms with van der Waals surface area (Å²) in [6, 6.07) is 8.31. The Morgan fingerprint density at radius 1 is 1.17 bits per heavy atom. The number of benzene rings is 1. The quantitative estimate of drug-likeness (QED) is 0.759. The summed E-state index contributed by atoms with van der Waals surface area (Å²) in [5.74, 6) is 0.768. The van der Waals surface area contributed by atoms with E-state index in [1.54, 1.807) is 36.7 Å². The van der Waals surface area contributed by atoms with Crippen molar-refractivity contribution >= 4 is 29.1 Å². The highest BCUT2D eigenvalue weighted by molar-refractivity contribution is 6.36. The van der Waals surface area contributed by atoms with E-state index in [0.29, 0.717) is 27.3 Å². The molecule has 0 saturated heterocycles. The number of carbonyl (C=O) groups excluding carboxylic acids is 1. The van der Waals surface area contributed by atoms with Crippen molar-refractivity contribution in [2.75, 3.05) is 0 Å². The molecule has 0 bridgehead atoms. The Hall–Kier alpha value is -2.44. The van der Waals surface area contributed by atoms with E-state index in [9.17, 15) is 4.79 Å². The second-order valence-corrected chi connectivity index (χ2v) is 5.49. The average molecular weight is 348 g/mol. The Balaban J connectivity index is 1.67. The van der Waals surface area contributed by atoms with E-state index in [2.05, 4.69) is 25.5 Å². The fourth-order valence-electron chi connectivity index (χ4n) is 1.94. The van der Waals surface area contributed by atoms with Crippen LogP contribution < -0.4 is 5.32 Å². The minimum absolute atomic E-state index is 0.204. The topological polar surface area (TPSA) is 83.6 Å². The molecule has 1 aromatic carbocycles. The van der Waals surface area contributed by atoms with E-state index < -0.39 is 0 Å². The van der Waals surface area contributed by atoms with Gasteiger partial charge in [0.1, 0.15) is 5.82 Å². The molecule has 0 atom stereocenters. The van der Waals surface area contributed by atoms with E-state index >= 15 is 0 Å². The smallest absolute Gasteiger partial charge is 0.253 e. The summed E-state index contributed by atoms with van der Waals surface area (Å²) in [6.07, 6.45) is 3.32. The molecule has 0 spiro atoms. The highest BCUT2D eigenvalue weighted by Gasteiger charge is 2.12. The maximum atomic E-state index is 12.1. The molecule has 23 heavy (non-hydrogen) atoms. The molecule has 0 saturated carbocycles. The van der Waals surface area contributed by atoms with Gasteiger partial charge in [0.15, 0.2) is 5.82 Å². The van der Waals surface area contributed by atoms with E-state index in [0.717, 1.165) is 5.56 Å². The van der Waals surface area contributed by atoms with Crippen molar-refractivity contribution in [2.45, 2.75) is 6.54 Å². The fourth-order valence-corrected chi connectivity index (χ4v) is 2.43.